The third kappa shape index (κ3) is 3.77. The molecule has 0 aliphatic rings. The van der Waals surface area contributed by atoms with Crippen molar-refractivity contribution in [2.24, 2.45) is 14.1 Å². The van der Waals surface area contributed by atoms with Crippen LogP contribution >= 0.6 is 11.6 Å². The van der Waals surface area contributed by atoms with Gasteiger partial charge in [0.1, 0.15) is 0 Å². The molecule has 0 aliphatic heterocycles. The van der Waals surface area contributed by atoms with E-state index in [2.05, 4.69) is 10.3 Å². The third-order valence-electron chi connectivity index (χ3n) is 4.45. The lowest BCUT2D eigenvalue weighted by atomic mass is 10.2. The normalized spacial score (nSPS) is 12.5. The van der Waals surface area contributed by atoms with Gasteiger partial charge in [-0.25, -0.2) is 4.79 Å². The molecule has 9 heteroatoms. The van der Waals surface area contributed by atoms with Gasteiger partial charge in [0.2, 0.25) is 5.95 Å². The quantitative estimate of drug-likeness (QED) is 0.661. The largest absolute Gasteiger partial charge is 0.393 e. The number of anilines is 1. The fourth-order valence-corrected chi connectivity index (χ4v) is 3.03. The van der Waals surface area contributed by atoms with E-state index in [1.807, 2.05) is 12.1 Å². The molecular weight excluding hydrogens is 370 g/mol. The Morgan fingerprint density at radius 2 is 1.85 bits per heavy atom. The molecule has 0 spiro atoms. The van der Waals surface area contributed by atoms with Crippen molar-refractivity contribution in [3.8, 4) is 0 Å². The van der Waals surface area contributed by atoms with Crippen LogP contribution < -0.4 is 16.6 Å². The smallest absolute Gasteiger partial charge is 0.332 e. The molecular formula is C18H22ClN5O3. The predicted molar refractivity (Wildman–Crippen MR) is 106 cm³/mol. The molecule has 1 atom stereocenters. The number of nitrogens with one attached hydrogen (secondary N) is 1. The van der Waals surface area contributed by atoms with E-state index in [9.17, 15) is 14.7 Å². The zero-order valence-corrected chi connectivity index (χ0v) is 16.2. The lowest BCUT2D eigenvalue weighted by molar-refractivity contribution is 0.188. The Bertz CT molecular complexity index is 1080. The summed E-state index contributed by atoms with van der Waals surface area (Å²) in [6.07, 6.45) is 0.0741. The maximum Gasteiger partial charge on any atom is 0.332 e. The first-order valence-corrected chi connectivity index (χ1v) is 9.00. The number of aromatic nitrogens is 4. The highest BCUT2D eigenvalue weighted by molar-refractivity contribution is 6.30. The fraction of sp³-hybridized carbons (Fsp3) is 0.389. The fourth-order valence-electron chi connectivity index (χ4n) is 2.90. The molecule has 0 saturated carbocycles. The van der Waals surface area contributed by atoms with Gasteiger partial charge < -0.3 is 10.4 Å². The minimum absolute atomic E-state index is 0.316. The zero-order chi connectivity index (χ0) is 19.7. The van der Waals surface area contributed by atoms with Crippen LogP contribution in [-0.4, -0.2) is 36.4 Å². The minimum Gasteiger partial charge on any atom is -0.393 e. The summed E-state index contributed by atoms with van der Waals surface area (Å²) >= 11 is 5.96. The number of aryl methyl sites for hydroxylation is 1. The number of imidazole rings is 1. The highest BCUT2D eigenvalue weighted by atomic mass is 35.5. The van der Waals surface area contributed by atoms with Gasteiger partial charge in [-0.15, -0.1) is 0 Å². The van der Waals surface area contributed by atoms with Crippen LogP contribution in [0, 0.1) is 0 Å². The van der Waals surface area contributed by atoms with Crippen molar-refractivity contribution >= 4 is 28.7 Å². The second-order valence-corrected chi connectivity index (χ2v) is 7.03. The molecule has 3 aromatic rings. The first-order valence-electron chi connectivity index (χ1n) is 8.62. The average Bonchev–Trinajstić information content (AvgIpc) is 2.98. The summed E-state index contributed by atoms with van der Waals surface area (Å²) in [7, 11) is 3.04. The second kappa shape index (κ2) is 7.58. The Morgan fingerprint density at radius 3 is 2.48 bits per heavy atom. The molecule has 0 saturated heterocycles. The average molecular weight is 392 g/mol. The molecule has 27 heavy (non-hydrogen) atoms. The molecule has 1 aromatic carbocycles. The SMILES string of the molecule is CC(O)CCNc1nc2c(c(=O)n(C)c(=O)n2C)n1Cc1ccc(Cl)cc1. The highest BCUT2D eigenvalue weighted by Gasteiger charge is 2.19. The Morgan fingerprint density at radius 1 is 1.19 bits per heavy atom. The number of halogens is 1. The summed E-state index contributed by atoms with van der Waals surface area (Å²) in [6, 6.07) is 7.31. The standard InChI is InChI=1S/C18H22ClN5O3/c1-11(25)8-9-20-17-21-15-14(16(26)23(3)18(27)22(15)2)24(17)10-12-4-6-13(19)7-5-12/h4-7,11,25H,8-10H2,1-3H3,(H,20,21). The number of rotatable bonds is 6. The summed E-state index contributed by atoms with van der Waals surface area (Å²) < 4.78 is 4.18. The van der Waals surface area contributed by atoms with Crippen LogP contribution in [0.15, 0.2) is 33.9 Å². The molecule has 2 N–H and O–H groups in total. The van der Waals surface area contributed by atoms with Crippen molar-refractivity contribution < 1.29 is 5.11 Å². The molecule has 2 heterocycles. The number of nitrogens with zero attached hydrogens (tertiary/aromatic N) is 4. The lowest BCUT2D eigenvalue weighted by Crippen LogP contribution is -2.37. The number of benzene rings is 1. The van der Waals surface area contributed by atoms with Crippen molar-refractivity contribution in [3.05, 3.63) is 55.7 Å². The van der Waals surface area contributed by atoms with Crippen molar-refractivity contribution in [2.45, 2.75) is 26.0 Å². The van der Waals surface area contributed by atoms with Crippen LogP contribution in [-0.2, 0) is 20.6 Å². The molecule has 0 bridgehead atoms. The lowest BCUT2D eigenvalue weighted by Gasteiger charge is -2.12. The van der Waals surface area contributed by atoms with E-state index in [0.29, 0.717) is 41.6 Å². The van der Waals surface area contributed by atoms with E-state index in [0.717, 1.165) is 10.1 Å². The molecule has 0 radical (unpaired) electrons. The van der Waals surface area contributed by atoms with Crippen molar-refractivity contribution in [2.75, 3.05) is 11.9 Å². The molecule has 144 valence electrons. The van der Waals surface area contributed by atoms with Gasteiger partial charge in [0.15, 0.2) is 11.2 Å². The molecule has 0 fully saturated rings. The van der Waals surface area contributed by atoms with Crippen molar-refractivity contribution in [3.63, 3.8) is 0 Å². The van der Waals surface area contributed by atoms with Crippen LogP contribution in [0.4, 0.5) is 5.95 Å². The summed E-state index contributed by atoms with van der Waals surface area (Å²) in [6.45, 7) is 2.58. The summed E-state index contributed by atoms with van der Waals surface area (Å²) in [5.41, 5.74) is 0.760. The van der Waals surface area contributed by atoms with E-state index in [-0.39, 0.29) is 0 Å². The number of aliphatic hydroxyl groups excluding tert-OH is 1. The van der Waals surface area contributed by atoms with E-state index in [1.165, 1.54) is 11.6 Å². The van der Waals surface area contributed by atoms with E-state index < -0.39 is 17.4 Å². The van der Waals surface area contributed by atoms with Crippen LogP contribution in [0.25, 0.3) is 11.2 Å². The zero-order valence-electron chi connectivity index (χ0n) is 15.4. The summed E-state index contributed by atoms with van der Waals surface area (Å²) in [5.74, 6) is 0.471. The van der Waals surface area contributed by atoms with Gasteiger partial charge in [0, 0.05) is 25.7 Å². The summed E-state index contributed by atoms with van der Waals surface area (Å²) in [5, 5.41) is 13.3. The second-order valence-electron chi connectivity index (χ2n) is 6.59. The van der Waals surface area contributed by atoms with Crippen LogP contribution in [0.2, 0.25) is 5.02 Å². The van der Waals surface area contributed by atoms with Crippen LogP contribution in [0.1, 0.15) is 18.9 Å². The van der Waals surface area contributed by atoms with Crippen molar-refractivity contribution in [1.82, 2.24) is 18.7 Å². The van der Waals surface area contributed by atoms with Gasteiger partial charge in [0.25, 0.3) is 5.56 Å². The van der Waals surface area contributed by atoms with Crippen LogP contribution in [0.3, 0.4) is 0 Å². The van der Waals surface area contributed by atoms with E-state index >= 15 is 0 Å². The van der Waals surface area contributed by atoms with Gasteiger partial charge in [-0.1, -0.05) is 23.7 Å². The van der Waals surface area contributed by atoms with E-state index in [1.54, 1.807) is 30.7 Å². The van der Waals surface area contributed by atoms with Gasteiger partial charge in [-0.05, 0) is 31.0 Å². The first kappa shape index (κ1) is 19.2. The highest BCUT2D eigenvalue weighted by Crippen LogP contribution is 2.19. The van der Waals surface area contributed by atoms with Gasteiger partial charge in [-0.3, -0.25) is 18.5 Å². The Balaban J connectivity index is 2.15. The molecule has 0 amide bonds. The monoisotopic (exact) mass is 391 g/mol. The van der Waals surface area contributed by atoms with Crippen molar-refractivity contribution in [1.29, 1.82) is 0 Å². The number of aliphatic hydroxyl groups is 1. The van der Waals surface area contributed by atoms with Crippen LogP contribution in [0.5, 0.6) is 0 Å². The first-order chi connectivity index (χ1) is 12.8. The minimum atomic E-state index is -0.455. The Hall–Kier alpha value is -2.58. The van der Waals surface area contributed by atoms with E-state index in [4.69, 9.17) is 11.6 Å². The maximum absolute atomic E-state index is 12.8. The van der Waals surface area contributed by atoms with Gasteiger partial charge in [0.05, 0.1) is 12.6 Å². The predicted octanol–water partition coefficient (Wildman–Crippen LogP) is 1.32. The summed E-state index contributed by atoms with van der Waals surface area (Å²) in [4.78, 5) is 29.5. The Labute approximate surface area is 160 Å². The number of hydrogen-bond acceptors (Lipinski definition) is 5. The molecule has 2 aromatic heterocycles. The molecule has 0 aliphatic carbocycles. The number of fused-ring (bicyclic) bond motifs is 1. The van der Waals surface area contributed by atoms with Gasteiger partial charge >= 0.3 is 5.69 Å². The molecule has 8 nitrogen and oxygen atoms in total. The Kier molecular flexibility index (Phi) is 5.38. The molecule has 3 rings (SSSR count). The third-order valence-corrected chi connectivity index (χ3v) is 4.70. The van der Waals surface area contributed by atoms with Gasteiger partial charge in [-0.2, -0.15) is 4.98 Å². The molecule has 1 unspecified atom stereocenters. The maximum atomic E-state index is 12.8. The topological polar surface area (TPSA) is 94.1 Å². The number of hydrogen-bond donors (Lipinski definition) is 2.